The molecule has 21 heavy (non-hydrogen) atoms. The van der Waals surface area contributed by atoms with Crippen LogP contribution in [0.15, 0.2) is 24.3 Å². The molecule has 1 aliphatic rings. The smallest absolute Gasteiger partial charge is 0.227 e. The van der Waals surface area contributed by atoms with E-state index < -0.39 is 0 Å². The van der Waals surface area contributed by atoms with Gasteiger partial charge in [0, 0.05) is 18.5 Å². The molecule has 0 bridgehead atoms. The molecule has 0 aliphatic carbocycles. The maximum Gasteiger partial charge on any atom is 0.227 e. The predicted molar refractivity (Wildman–Crippen MR) is 88.3 cm³/mol. The predicted octanol–water partition coefficient (Wildman–Crippen LogP) is 4.21. The van der Waals surface area contributed by atoms with Crippen LogP contribution in [0, 0.1) is 18.3 Å². The Bertz CT molecular complexity index is 461. The van der Waals surface area contributed by atoms with Gasteiger partial charge in [-0.25, -0.2) is 0 Å². The van der Waals surface area contributed by atoms with Crippen LogP contribution in [0.3, 0.4) is 0 Å². The number of hydrogen-bond acceptors (Lipinski definition) is 1. The highest BCUT2D eigenvalue weighted by molar-refractivity contribution is 5.81. The number of nitrogens with zero attached hydrogens (tertiary/aromatic N) is 1. The largest absolute Gasteiger partial charge is 0.342 e. The highest BCUT2D eigenvalue weighted by Crippen LogP contribution is 2.26. The van der Waals surface area contributed by atoms with Crippen LogP contribution in [-0.2, 0) is 11.2 Å². The topological polar surface area (TPSA) is 20.3 Å². The van der Waals surface area contributed by atoms with Crippen LogP contribution in [0.1, 0.15) is 51.2 Å². The Labute approximate surface area is 129 Å². The van der Waals surface area contributed by atoms with E-state index in [1.165, 1.54) is 17.5 Å². The standard InChI is InChI=1S/C19H29NO/c1-15-5-7-16(8-6-15)9-10-17-11-13-20(14-12-17)18(21)19(2,3)4/h5-8,17H,9-14H2,1-4H3. The molecule has 0 radical (unpaired) electrons. The second-order valence-electron chi connectivity index (χ2n) is 7.51. The van der Waals surface area contributed by atoms with E-state index >= 15 is 0 Å². The number of benzene rings is 1. The monoisotopic (exact) mass is 287 g/mol. The van der Waals surface area contributed by atoms with Crippen molar-refractivity contribution in [1.29, 1.82) is 0 Å². The molecule has 0 N–H and O–H groups in total. The summed E-state index contributed by atoms with van der Waals surface area (Å²) in [6.45, 7) is 10.0. The lowest BCUT2D eigenvalue weighted by molar-refractivity contribution is -0.140. The van der Waals surface area contributed by atoms with E-state index in [4.69, 9.17) is 0 Å². The van der Waals surface area contributed by atoms with Crippen molar-refractivity contribution in [1.82, 2.24) is 4.90 Å². The summed E-state index contributed by atoms with van der Waals surface area (Å²) >= 11 is 0. The number of rotatable bonds is 3. The van der Waals surface area contributed by atoms with Gasteiger partial charge in [-0.3, -0.25) is 4.79 Å². The van der Waals surface area contributed by atoms with Gasteiger partial charge in [0.15, 0.2) is 0 Å². The summed E-state index contributed by atoms with van der Waals surface area (Å²) in [5.41, 5.74) is 2.52. The lowest BCUT2D eigenvalue weighted by Crippen LogP contribution is -2.44. The van der Waals surface area contributed by atoms with E-state index in [-0.39, 0.29) is 5.41 Å². The van der Waals surface area contributed by atoms with Crippen LogP contribution < -0.4 is 0 Å². The maximum atomic E-state index is 12.3. The molecular weight excluding hydrogens is 258 g/mol. The van der Waals surface area contributed by atoms with E-state index in [0.717, 1.165) is 38.3 Å². The Kier molecular flexibility index (Phi) is 5.08. The fourth-order valence-electron chi connectivity index (χ4n) is 3.02. The number of hydrogen-bond donors (Lipinski definition) is 0. The summed E-state index contributed by atoms with van der Waals surface area (Å²) in [6, 6.07) is 8.88. The number of carbonyl (C=O) groups excluding carboxylic acids is 1. The first-order chi connectivity index (χ1) is 9.86. The van der Waals surface area contributed by atoms with Gasteiger partial charge in [-0.05, 0) is 44.1 Å². The average Bonchev–Trinajstić information content (AvgIpc) is 2.45. The number of aryl methyl sites for hydroxylation is 2. The first-order valence-corrected chi connectivity index (χ1v) is 8.21. The van der Waals surface area contributed by atoms with Crippen molar-refractivity contribution in [3.63, 3.8) is 0 Å². The number of piperidine rings is 1. The average molecular weight is 287 g/mol. The third-order valence-electron chi connectivity index (χ3n) is 4.51. The van der Waals surface area contributed by atoms with Crippen molar-refractivity contribution in [2.24, 2.45) is 11.3 Å². The molecule has 1 aliphatic heterocycles. The third-order valence-corrected chi connectivity index (χ3v) is 4.51. The van der Waals surface area contributed by atoms with Crippen molar-refractivity contribution in [2.45, 2.75) is 53.4 Å². The van der Waals surface area contributed by atoms with Crippen LogP contribution >= 0.6 is 0 Å². The van der Waals surface area contributed by atoms with Crippen molar-refractivity contribution >= 4 is 5.91 Å². The van der Waals surface area contributed by atoms with Crippen molar-refractivity contribution in [3.8, 4) is 0 Å². The molecular formula is C19H29NO. The van der Waals surface area contributed by atoms with Crippen LogP contribution in [0.2, 0.25) is 0 Å². The van der Waals surface area contributed by atoms with Crippen LogP contribution in [0.25, 0.3) is 0 Å². The Morgan fingerprint density at radius 2 is 1.71 bits per heavy atom. The van der Waals surface area contributed by atoms with Gasteiger partial charge in [-0.2, -0.15) is 0 Å². The normalized spacial score (nSPS) is 17.0. The summed E-state index contributed by atoms with van der Waals surface area (Å²) < 4.78 is 0. The van der Waals surface area contributed by atoms with Crippen molar-refractivity contribution in [2.75, 3.05) is 13.1 Å². The molecule has 0 saturated carbocycles. The molecule has 1 saturated heterocycles. The van der Waals surface area contributed by atoms with E-state index in [2.05, 4.69) is 36.1 Å². The molecule has 116 valence electrons. The van der Waals surface area contributed by atoms with Gasteiger partial charge >= 0.3 is 0 Å². The summed E-state index contributed by atoms with van der Waals surface area (Å²) in [4.78, 5) is 14.3. The van der Waals surface area contributed by atoms with E-state index in [0.29, 0.717) is 5.91 Å². The molecule has 0 spiro atoms. The van der Waals surface area contributed by atoms with Crippen LogP contribution in [-0.4, -0.2) is 23.9 Å². The lowest BCUT2D eigenvalue weighted by Gasteiger charge is -2.35. The summed E-state index contributed by atoms with van der Waals surface area (Å²) in [5, 5.41) is 0. The SMILES string of the molecule is Cc1ccc(CCC2CCN(C(=O)C(C)(C)C)CC2)cc1. The number of amides is 1. The summed E-state index contributed by atoms with van der Waals surface area (Å²) in [6.07, 6.45) is 4.74. The zero-order chi connectivity index (χ0) is 15.5. The zero-order valence-electron chi connectivity index (χ0n) is 14.0. The second kappa shape index (κ2) is 6.64. The lowest BCUT2D eigenvalue weighted by atomic mass is 9.88. The molecule has 1 heterocycles. The molecule has 2 rings (SSSR count). The molecule has 2 nitrogen and oxygen atoms in total. The third kappa shape index (κ3) is 4.59. The van der Waals surface area contributed by atoms with Crippen molar-refractivity contribution < 1.29 is 4.79 Å². The molecule has 1 fully saturated rings. The highest BCUT2D eigenvalue weighted by Gasteiger charge is 2.30. The number of carbonyl (C=O) groups is 1. The van der Waals surface area contributed by atoms with E-state index in [9.17, 15) is 4.79 Å². The van der Waals surface area contributed by atoms with Gasteiger partial charge in [0.25, 0.3) is 0 Å². The van der Waals surface area contributed by atoms with Crippen LogP contribution in [0.5, 0.6) is 0 Å². The molecule has 2 heteroatoms. The summed E-state index contributed by atoms with van der Waals surface area (Å²) in [7, 11) is 0. The molecule has 1 aromatic rings. The minimum atomic E-state index is -0.241. The van der Waals surface area contributed by atoms with E-state index in [1.807, 2.05) is 20.8 Å². The zero-order valence-corrected chi connectivity index (χ0v) is 14.0. The van der Waals surface area contributed by atoms with Gasteiger partial charge < -0.3 is 4.90 Å². The molecule has 0 atom stereocenters. The highest BCUT2D eigenvalue weighted by atomic mass is 16.2. The quantitative estimate of drug-likeness (QED) is 0.815. The molecule has 0 aromatic heterocycles. The Morgan fingerprint density at radius 1 is 1.14 bits per heavy atom. The van der Waals surface area contributed by atoms with Gasteiger partial charge in [0.1, 0.15) is 0 Å². The Morgan fingerprint density at radius 3 is 2.24 bits per heavy atom. The van der Waals surface area contributed by atoms with Gasteiger partial charge in [0.2, 0.25) is 5.91 Å². The van der Waals surface area contributed by atoms with Crippen LogP contribution in [0.4, 0.5) is 0 Å². The van der Waals surface area contributed by atoms with E-state index in [1.54, 1.807) is 0 Å². The molecule has 0 unspecified atom stereocenters. The number of likely N-dealkylation sites (tertiary alicyclic amines) is 1. The molecule has 1 amide bonds. The van der Waals surface area contributed by atoms with Gasteiger partial charge in [-0.1, -0.05) is 50.6 Å². The van der Waals surface area contributed by atoms with Gasteiger partial charge in [-0.15, -0.1) is 0 Å². The maximum absolute atomic E-state index is 12.3. The fraction of sp³-hybridized carbons (Fsp3) is 0.632. The minimum absolute atomic E-state index is 0.241. The summed E-state index contributed by atoms with van der Waals surface area (Å²) in [5.74, 6) is 1.08. The van der Waals surface area contributed by atoms with Gasteiger partial charge in [0.05, 0.1) is 0 Å². The Balaban J connectivity index is 1.77. The Hall–Kier alpha value is -1.31. The first kappa shape index (κ1) is 16.1. The fourth-order valence-corrected chi connectivity index (χ4v) is 3.02. The van der Waals surface area contributed by atoms with Crippen molar-refractivity contribution in [3.05, 3.63) is 35.4 Å². The first-order valence-electron chi connectivity index (χ1n) is 8.21. The second-order valence-corrected chi connectivity index (χ2v) is 7.51. The minimum Gasteiger partial charge on any atom is -0.342 e. The molecule has 1 aromatic carbocycles.